The first-order valence-electron chi connectivity index (χ1n) is 8.07. The van der Waals surface area contributed by atoms with Crippen molar-refractivity contribution in [1.82, 2.24) is 5.32 Å². The number of benzene rings is 2. The predicted octanol–water partition coefficient (Wildman–Crippen LogP) is 2.95. The molecule has 0 aliphatic carbocycles. The monoisotopic (exact) mass is 389 g/mol. The molecule has 0 saturated carbocycles. The number of anilines is 1. The molecule has 146 valence electrons. The van der Waals surface area contributed by atoms with Crippen molar-refractivity contribution in [3.05, 3.63) is 70.0 Å². The van der Waals surface area contributed by atoms with E-state index >= 15 is 0 Å². The van der Waals surface area contributed by atoms with Crippen molar-refractivity contribution in [2.24, 2.45) is 0 Å². The fourth-order valence-corrected chi connectivity index (χ4v) is 2.54. The highest BCUT2D eigenvalue weighted by atomic mass is 19.1. The first-order valence-corrected chi connectivity index (χ1v) is 8.07. The van der Waals surface area contributed by atoms with Crippen molar-refractivity contribution in [3.8, 4) is 0 Å². The summed E-state index contributed by atoms with van der Waals surface area (Å²) in [6.45, 7) is 1.39. The molecular formula is C18H16FN3O6. The van der Waals surface area contributed by atoms with Gasteiger partial charge in [0, 0.05) is 18.5 Å². The third kappa shape index (κ3) is 4.67. The van der Waals surface area contributed by atoms with Crippen LogP contribution in [0.2, 0.25) is 0 Å². The van der Waals surface area contributed by atoms with E-state index in [1.807, 2.05) is 0 Å². The van der Waals surface area contributed by atoms with Crippen molar-refractivity contribution in [2.75, 3.05) is 4.90 Å². The third-order valence-electron chi connectivity index (χ3n) is 3.73. The number of halogens is 1. The van der Waals surface area contributed by atoms with Gasteiger partial charge in [-0.15, -0.1) is 0 Å². The number of hydrogen-bond donors (Lipinski definition) is 2. The molecule has 0 aromatic heterocycles. The number of amides is 3. The van der Waals surface area contributed by atoms with Gasteiger partial charge >= 0.3 is 6.09 Å². The van der Waals surface area contributed by atoms with Crippen LogP contribution >= 0.6 is 0 Å². The first-order chi connectivity index (χ1) is 13.2. The van der Waals surface area contributed by atoms with Crippen LogP contribution in [0.25, 0.3) is 0 Å². The van der Waals surface area contributed by atoms with Crippen LogP contribution in [0, 0.1) is 15.9 Å². The van der Waals surface area contributed by atoms with Crippen LogP contribution in [0.5, 0.6) is 0 Å². The molecule has 0 spiro atoms. The molecule has 3 amide bonds. The Kier molecular flexibility index (Phi) is 6.38. The Labute approximate surface area is 158 Å². The average molecular weight is 389 g/mol. The van der Waals surface area contributed by atoms with Gasteiger partial charge in [0.1, 0.15) is 11.4 Å². The molecule has 0 fully saturated rings. The highest BCUT2D eigenvalue weighted by Crippen LogP contribution is 2.26. The van der Waals surface area contributed by atoms with E-state index in [1.54, 1.807) is 0 Å². The van der Waals surface area contributed by atoms with Gasteiger partial charge in [0.15, 0.2) is 0 Å². The number of carboxylic acid groups (broad SMARTS) is 1. The van der Waals surface area contributed by atoms with E-state index in [-0.39, 0.29) is 0 Å². The molecule has 2 aromatic rings. The first kappa shape index (κ1) is 20.5. The van der Waals surface area contributed by atoms with E-state index in [9.17, 15) is 28.9 Å². The van der Waals surface area contributed by atoms with Crippen molar-refractivity contribution in [2.45, 2.75) is 19.4 Å². The van der Waals surface area contributed by atoms with Gasteiger partial charge in [-0.3, -0.25) is 19.7 Å². The number of rotatable bonds is 6. The van der Waals surface area contributed by atoms with Crippen LogP contribution in [0.3, 0.4) is 0 Å². The molecule has 1 unspecified atom stereocenters. The van der Waals surface area contributed by atoms with Gasteiger partial charge in [-0.05, 0) is 25.1 Å². The molecule has 0 heterocycles. The zero-order chi connectivity index (χ0) is 20.8. The lowest BCUT2D eigenvalue weighted by Gasteiger charge is -2.23. The number of hydrogen-bond acceptors (Lipinski definition) is 5. The largest absolute Gasteiger partial charge is 0.465 e. The van der Waals surface area contributed by atoms with Crippen LogP contribution in [-0.4, -0.2) is 34.0 Å². The number of carbonyl (C=O) groups excluding carboxylic acids is 2. The summed E-state index contributed by atoms with van der Waals surface area (Å²) in [6.07, 6.45) is -1.84. The summed E-state index contributed by atoms with van der Waals surface area (Å²) in [5.74, 6) is -2.90. The SMILES string of the molecule is CC(CC(=O)N(C(=O)c1ccccc1[N+](=O)[O-])c1ccccc1F)NC(=O)O. The van der Waals surface area contributed by atoms with Crippen molar-refractivity contribution >= 4 is 29.3 Å². The van der Waals surface area contributed by atoms with Gasteiger partial charge in [-0.1, -0.05) is 24.3 Å². The molecule has 2 N–H and O–H groups in total. The third-order valence-corrected chi connectivity index (χ3v) is 3.73. The maximum absolute atomic E-state index is 14.3. The number of nitro benzene ring substituents is 1. The molecule has 0 radical (unpaired) electrons. The minimum absolute atomic E-state index is 0.391. The van der Waals surface area contributed by atoms with Crippen molar-refractivity contribution in [3.63, 3.8) is 0 Å². The van der Waals surface area contributed by atoms with Gasteiger partial charge < -0.3 is 10.4 Å². The van der Waals surface area contributed by atoms with Gasteiger partial charge in [0.2, 0.25) is 5.91 Å². The van der Waals surface area contributed by atoms with E-state index in [0.29, 0.717) is 4.90 Å². The zero-order valence-corrected chi connectivity index (χ0v) is 14.7. The van der Waals surface area contributed by atoms with Crippen molar-refractivity contribution in [1.29, 1.82) is 0 Å². The highest BCUT2D eigenvalue weighted by molar-refractivity contribution is 6.22. The Morgan fingerprint density at radius 1 is 1.18 bits per heavy atom. The van der Waals surface area contributed by atoms with Gasteiger partial charge in [0.25, 0.3) is 11.6 Å². The van der Waals surface area contributed by atoms with E-state index in [2.05, 4.69) is 5.32 Å². The second kappa shape index (κ2) is 8.71. The lowest BCUT2D eigenvalue weighted by molar-refractivity contribution is -0.385. The van der Waals surface area contributed by atoms with Crippen LogP contribution in [0.1, 0.15) is 23.7 Å². The number of nitrogens with zero attached hydrogens (tertiary/aromatic N) is 2. The van der Waals surface area contributed by atoms with Crippen LogP contribution < -0.4 is 10.2 Å². The molecule has 1 atom stereocenters. The van der Waals surface area contributed by atoms with Gasteiger partial charge in [0.05, 0.1) is 10.6 Å². The average Bonchev–Trinajstić information content (AvgIpc) is 2.62. The number of nitrogens with one attached hydrogen (secondary N) is 1. The minimum Gasteiger partial charge on any atom is -0.465 e. The zero-order valence-electron chi connectivity index (χ0n) is 14.7. The molecule has 28 heavy (non-hydrogen) atoms. The Morgan fingerprint density at radius 2 is 1.79 bits per heavy atom. The predicted molar refractivity (Wildman–Crippen MR) is 96.6 cm³/mol. The van der Waals surface area contributed by atoms with Gasteiger partial charge in [-0.25, -0.2) is 14.1 Å². The fourth-order valence-electron chi connectivity index (χ4n) is 2.54. The quantitative estimate of drug-likeness (QED) is 0.577. The Hall–Kier alpha value is -3.82. The van der Waals surface area contributed by atoms with Gasteiger partial charge in [-0.2, -0.15) is 0 Å². The second-order valence-electron chi connectivity index (χ2n) is 5.81. The van der Waals surface area contributed by atoms with Crippen LogP contribution in [-0.2, 0) is 4.79 Å². The maximum Gasteiger partial charge on any atom is 0.404 e. The summed E-state index contributed by atoms with van der Waals surface area (Å²) in [5.41, 5.74) is -1.33. The van der Waals surface area contributed by atoms with Crippen LogP contribution in [0.4, 0.5) is 20.6 Å². The summed E-state index contributed by atoms with van der Waals surface area (Å²) >= 11 is 0. The molecule has 10 heteroatoms. The molecule has 0 saturated heterocycles. The Balaban J connectivity index is 2.49. The van der Waals surface area contributed by atoms with E-state index in [1.165, 1.54) is 37.3 Å². The highest BCUT2D eigenvalue weighted by Gasteiger charge is 2.32. The topological polar surface area (TPSA) is 130 Å². The maximum atomic E-state index is 14.3. The Morgan fingerprint density at radius 3 is 2.39 bits per heavy atom. The summed E-state index contributed by atoms with van der Waals surface area (Å²) in [6, 6.07) is 9.04. The molecule has 2 rings (SSSR count). The molecule has 0 aliphatic rings. The lowest BCUT2D eigenvalue weighted by atomic mass is 10.1. The van der Waals surface area contributed by atoms with Crippen molar-refractivity contribution < 1.29 is 28.8 Å². The number of carbonyl (C=O) groups is 3. The number of imide groups is 1. The summed E-state index contributed by atoms with van der Waals surface area (Å²) in [4.78, 5) is 47.3. The molecule has 0 bridgehead atoms. The summed E-state index contributed by atoms with van der Waals surface area (Å²) in [7, 11) is 0. The number of para-hydroxylation sites is 2. The second-order valence-corrected chi connectivity index (χ2v) is 5.81. The van der Waals surface area contributed by atoms with E-state index < -0.39 is 58.0 Å². The normalized spacial score (nSPS) is 11.4. The standard InChI is InChI=1S/C18H16FN3O6/c1-11(20-18(25)26)10-16(23)21(15-9-5-3-7-13(15)19)17(24)12-6-2-4-8-14(12)22(27)28/h2-9,11,20H,10H2,1H3,(H,25,26). The fraction of sp³-hybridized carbons (Fsp3) is 0.167. The molecule has 0 aliphatic heterocycles. The lowest BCUT2D eigenvalue weighted by Crippen LogP contribution is -2.42. The Bertz CT molecular complexity index is 933. The summed E-state index contributed by atoms with van der Waals surface area (Å²) in [5, 5.41) is 22.0. The minimum atomic E-state index is -1.37. The molecular weight excluding hydrogens is 373 g/mol. The number of nitro groups is 1. The smallest absolute Gasteiger partial charge is 0.404 e. The van der Waals surface area contributed by atoms with Crippen LogP contribution in [0.15, 0.2) is 48.5 Å². The molecule has 2 aromatic carbocycles. The summed E-state index contributed by atoms with van der Waals surface area (Å²) < 4.78 is 14.3. The van der Waals surface area contributed by atoms with E-state index in [4.69, 9.17) is 5.11 Å². The molecule has 9 nitrogen and oxygen atoms in total. The van der Waals surface area contributed by atoms with E-state index in [0.717, 1.165) is 18.2 Å².